The summed E-state index contributed by atoms with van der Waals surface area (Å²) in [6, 6.07) is 0. The Hall–Kier alpha value is -0.320. The molecular weight excluding hydrogens is 164 g/mol. The van der Waals surface area contributed by atoms with Gasteiger partial charge in [0.15, 0.2) is 11.9 Å². The Labute approximate surface area is 69.4 Å². The van der Waals surface area contributed by atoms with Crippen molar-refractivity contribution in [3.63, 3.8) is 0 Å². The van der Waals surface area contributed by atoms with Crippen LogP contribution < -0.4 is 0 Å². The Morgan fingerprint density at radius 1 is 1.91 bits per heavy atom. The molecule has 0 aromatic rings. The topological polar surface area (TPSA) is 46.5 Å². The molecule has 0 fully saturated rings. The van der Waals surface area contributed by atoms with E-state index in [1.165, 1.54) is 18.7 Å². The highest BCUT2D eigenvalue weighted by atomic mass is 32.2. The molecule has 2 atom stereocenters. The van der Waals surface area contributed by atoms with Crippen LogP contribution in [-0.2, 0) is 9.53 Å². The summed E-state index contributed by atoms with van der Waals surface area (Å²) in [6.07, 6.45) is 2.34. The van der Waals surface area contributed by atoms with Gasteiger partial charge in [-0.1, -0.05) is 17.8 Å². The molecule has 11 heavy (non-hydrogen) atoms. The van der Waals surface area contributed by atoms with Gasteiger partial charge in [0.05, 0.1) is 6.61 Å². The fraction of sp³-hybridized carbons (Fsp3) is 0.571. The van der Waals surface area contributed by atoms with E-state index in [-0.39, 0.29) is 0 Å². The predicted octanol–water partition coefficient (Wildman–Crippen LogP) is 0.539. The van der Waals surface area contributed by atoms with E-state index in [1.807, 2.05) is 11.5 Å². The van der Waals surface area contributed by atoms with Crippen molar-refractivity contribution in [2.75, 3.05) is 6.61 Å². The van der Waals surface area contributed by atoms with Crippen LogP contribution in [-0.4, -0.2) is 29.0 Å². The number of carbonyl (C=O) groups excluding carboxylic acids is 1. The number of carbonyl (C=O) groups is 1. The van der Waals surface area contributed by atoms with Crippen LogP contribution in [0, 0.1) is 0 Å². The first kappa shape index (κ1) is 8.77. The van der Waals surface area contributed by atoms with Crippen LogP contribution in [0.25, 0.3) is 0 Å². The second-order valence-corrected chi connectivity index (χ2v) is 3.49. The molecule has 1 aliphatic rings. The number of aliphatic hydroxyl groups is 1. The van der Waals surface area contributed by atoms with Gasteiger partial charge in [0.25, 0.3) is 0 Å². The zero-order chi connectivity index (χ0) is 8.32. The minimum Gasteiger partial charge on any atom is -0.379 e. The molecule has 62 valence electrons. The molecule has 0 aliphatic carbocycles. The number of hydrogen-bond donors (Lipinski definition) is 1. The first-order valence-corrected chi connectivity index (χ1v) is 4.22. The normalized spacial score (nSPS) is 29.5. The molecule has 0 amide bonds. The van der Waals surface area contributed by atoms with E-state index in [4.69, 9.17) is 4.74 Å². The van der Waals surface area contributed by atoms with Gasteiger partial charge in [0, 0.05) is 0 Å². The Balaban J connectivity index is 2.59. The fourth-order valence-corrected chi connectivity index (χ4v) is 1.53. The van der Waals surface area contributed by atoms with E-state index in [9.17, 15) is 9.90 Å². The van der Waals surface area contributed by atoms with Crippen molar-refractivity contribution in [1.82, 2.24) is 0 Å². The van der Waals surface area contributed by atoms with Gasteiger partial charge in [0.2, 0.25) is 0 Å². The Bertz CT molecular complexity index is 177. The Morgan fingerprint density at radius 3 is 3.09 bits per heavy atom. The van der Waals surface area contributed by atoms with Crippen LogP contribution in [0.1, 0.15) is 6.92 Å². The van der Waals surface area contributed by atoms with Crippen molar-refractivity contribution in [3.05, 3.63) is 11.5 Å². The summed E-state index contributed by atoms with van der Waals surface area (Å²) in [5.41, 5.74) is -1.85. The van der Waals surface area contributed by atoms with Crippen LogP contribution in [0.2, 0.25) is 0 Å². The van der Waals surface area contributed by atoms with Gasteiger partial charge in [-0.15, -0.1) is 0 Å². The second kappa shape index (κ2) is 3.38. The second-order valence-electron chi connectivity index (χ2n) is 2.52. The first-order chi connectivity index (χ1) is 5.17. The van der Waals surface area contributed by atoms with E-state index in [0.29, 0.717) is 12.9 Å². The maximum Gasteiger partial charge on any atom is 0.154 e. The van der Waals surface area contributed by atoms with Crippen LogP contribution in [0.15, 0.2) is 11.5 Å². The summed E-state index contributed by atoms with van der Waals surface area (Å²) in [4.78, 5) is 10.4. The summed E-state index contributed by atoms with van der Waals surface area (Å²) < 4.78 is 5.13. The van der Waals surface area contributed by atoms with E-state index < -0.39 is 11.0 Å². The fourth-order valence-electron chi connectivity index (χ4n) is 0.710. The highest BCUT2D eigenvalue weighted by molar-refractivity contribution is 8.02. The third-order valence-electron chi connectivity index (χ3n) is 1.36. The molecule has 0 saturated heterocycles. The van der Waals surface area contributed by atoms with Gasteiger partial charge in [-0.3, -0.25) is 0 Å². The quantitative estimate of drug-likeness (QED) is 0.621. The lowest BCUT2D eigenvalue weighted by Crippen LogP contribution is -2.41. The third kappa shape index (κ3) is 2.05. The first-order valence-electron chi connectivity index (χ1n) is 3.27. The highest BCUT2D eigenvalue weighted by Gasteiger charge is 2.33. The van der Waals surface area contributed by atoms with Crippen LogP contribution in [0.4, 0.5) is 0 Å². The summed E-state index contributed by atoms with van der Waals surface area (Å²) >= 11 is 1.31. The maximum absolute atomic E-state index is 10.4. The molecule has 1 aliphatic heterocycles. The molecule has 0 bridgehead atoms. The third-order valence-corrected chi connectivity index (χ3v) is 2.57. The number of aldehydes is 1. The lowest BCUT2D eigenvalue weighted by atomic mass is 10.1. The molecule has 0 spiro atoms. The zero-order valence-electron chi connectivity index (χ0n) is 6.19. The smallest absolute Gasteiger partial charge is 0.154 e. The van der Waals surface area contributed by atoms with Gasteiger partial charge in [-0.25, -0.2) is 0 Å². The van der Waals surface area contributed by atoms with E-state index in [2.05, 4.69) is 0 Å². The largest absolute Gasteiger partial charge is 0.379 e. The molecule has 0 saturated carbocycles. The minimum absolute atomic E-state index is 0.460. The zero-order valence-corrected chi connectivity index (χ0v) is 7.00. The van der Waals surface area contributed by atoms with E-state index in [1.54, 1.807) is 0 Å². The SMILES string of the molecule is CC(O)(C=O)C1OCC=CS1. The van der Waals surface area contributed by atoms with Crippen molar-refractivity contribution >= 4 is 18.0 Å². The summed E-state index contributed by atoms with van der Waals surface area (Å²) in [5.74, 6) is 0. The molecule has 0 aromatic heterocycles. The van der Waals surface area contributed by atoms with Crippen LogP contribution >= 0.6 is 11.8 Å². The van der Waals surface area contributed by atoms with Gasteiger partial charge >= 0.3 is 0 Å². The van der Waals surface area contributed by atoms with Crippen molar-refractivity contribution in [1.29, 1.82) is 0 Å². The highest BCUT2D eigenvalue weighted by Crippen LogP contribution is 2.26. The molecule has 0 aromatic carbocycles. The van der Waals surface area contributed by atoms with Crippen molar-refractivity contribution in [2.24, 2.45) is 0 Å². The van der Waals surface area contributed by atoms with Crippen molar-refractivity contribution < 1.29 is 14.6 Å². The Morgan fingerprint density at radius 2 is 2.64 bits per heavy atom. The summed E-state index contributed by atoms with van der Waals surface area (Å²) in [7, 11) is 0. The van der Waals surface area contributed by atoms with Gasteiger partial charge < -0.3 is 14.6 Å². The monoisotopic (exact) mass is 174 g/mol. The predicted molar refractivity (Wildman–Crippen MR) is 43.2 cm³/mol. The van der Waals surface area contributed by atoms with E-state index >= 15 is 0 Å². The van der Waals surface area contributed by atoms with Crippen LogP contribution in [0.5, 0.6) is 0 Å². The standard InChI is InChI=1S/C7H10O3S/c1-7(9,5-8)6-10-3-2-4-11-6/h2,4-6,9H,3H2,1H3. The average molecular weight is 174 g/mol. The number of rotatable bonds is 2. The number of thioether (sulfide) groups is 1. The van der Waals surface area contributed by atoms with Crippen LogP contribution in [0.3, 0.4) is 0 Å². The molecule has 1 heterocycles. The lowest BCUT2D eigenvalue weighted by Gasteiger charge is -2.27. The number of hydrogen-bond acceptors (Lipinski definition) is 4. The molecule has 0 radical (unpaired) electrons. The number of ether oxygens (including phenoxy) is 1. The van der Waals surface area contributed by atoms with Gasteiger partial charge in [-0.05, 0) is 12.3 Å². The molecule has 1 N–H and O–H groups in total. The van der Waals surface area contributed by atoms with Gasteiger partial charge in [0.1, 0.15) is 5.44 Å². The molecule has 1 rings (SSSR count). The summed E-state index contributed by atoms with van der Waals surface area (Å²) in [5, 5.41) is 11.2. The molecule has 2 unspecified atom stereocenters. The maximum atomic E-state index is 10.4. The van der Waals surface area contributed by atoms with Gasteiger partial charge in [-0.2, -0.15) is 0 Å². The molecule has 4 heteroatoms. The lowest BCUT2D eigenvalue weighted by molar-refractivity contribution is -0.130. The minimum atomic E-state index is -1.38. The molecular formula is C7H10O3S. The van der Waals surface area contributed by atoms with Crippen molar-refractivity contribution in [3.8, 4) is 0 Å². The summed E-state index contributed by atoms with van der Waals surface area (Å²) in [6.45, 7) is 1.90. The van der Waals surface area contributed by atoms with E-state index in [0.717, 1.165) is 0 Å². The Kier molecular flexibility index (Phi) is 2.70. The average Bonchev–Trinajstić information content (AvgIpc) is 2.06. The van der Waals surface area contributed by atoms with Crippen molar-refractivity contribution in [2.45, 2.75) is 18.0 Å². The molecule has 3 nitrogen and oxygen atoms in total.